The first-order valence-corrected chi connectivity index (χ1v) is 5.32. The average Bonchev–Trinajstić information content (AvgIpc) is 2.65. The smallest absolute Gasteiger partial charge is 0.160 e. The van der Waals surface area contributed by atoms with E-state index in [1.165, 1.54) is 0 Å². The van der Waals surface area contributed by atoms with Gasteiger partial charge >= 0.3 is 0 Å². The van der Waals surface area contributed by atoms with E-state index in [0.717, 1.165) is 25.9 Å². The van der Waals surface area contributed by atoms with Gasteiger partial charge in [-0.2, -0.15) is 0 Å². The number of rotatable bonds is 7. The molecule has 0 aromatic rings. The number of hydrogen-bond donors (Lipinski definition) is 1. The zero-order valence-electron chi connectivity index (χ0n) is 8.78. The quantitative estimate of drug-likeness (QED) is 0.627. The van der Waals surface area contributed by atoms with Crippen LogP contribution in [0.4, 0.5) is 0 Å². The van der Waals surface area contributed by atoms with Gasteiger partial charge in [-0.1, -0.05) is 13.3 Å². The summed E-state index contributed by atoms with van der Waals surface area (Å²) in [5, 5.41) is 8.79. The molecule has 0 aliphatic carbocycles. The van der Waals surface area contributed by atoms with Crippen LogP contribution in [0, 0.1) is 0 Å². The Morgan fingerprint density at radius 2 is 2.29 bits per heavy atom. The molecule has 1 heterocycles. The van der Waals surface area contributed by atoms with Gasteiger partial charge in [-0.3, -0.25) is 0 Å². The number of aliphatic hydroxyl groups excluding tert-OH is 1. The van der Waals surface area contributed by atoms with Crippen LogP contribution in [0.15, 0.2) is 0 Å². The minimum Gasteiger partial charge on any atom is -0.394 e. The molecule has 4 nitrogen and oxygen atoms in total. The SMILES string of the molecule is CCCCOCC[C@H]1OC[C@H](CO)O1. The molecule has 0 saturated carbocycles. The second-order valence-corrected chi connectivity index (χ2v) is 3.46. The fraction of sp³-hybridized carbons (Fsp3) is 1.00. The summed E-state index contributed by atoms with van der Waals surface area (Å²) >= 11 is 0. The molecule has 0 aromatic carbocycles. The van der Waals surface area contributed by atoms with Gasteiger partial charge in [0, 0.05) is 13.0 Å². The Balaban J connectivity index is 1.92. The molecule has 2 atom stereocenters. The molecular formula is C10H20O4. The van der Waals surface area contributed by atoms with Crippen molar-refractivity contribution in [3.05, 3.63) is 0 Å². The molecular weight excluding hydrogens is 184 g/mol. The van der Waals surface area contributed by atoms with E-state index in [9.17, 15) is 0 Å². The van der Waals surface area contributed by atoms with Crippen molar-refractivity contribution in [1.82, 2.24) is 0 Å². The Bertz CT molecular complexity index is 140. The predicted octanol–water partition coefficient (Wildman–Crippen LogP) is 0.927. The highest BCUT2D eigenvalue weighted by Gasteiger charge is 2.24. The molecule has 1 saturated heterocycles. The van der Waals surface area contributed by atoms with Crippen molar-refractivity contribution < 1.29 is 19.3 Å². The molecule has 1 aliphatic rings. The lowest BCUT2D eigenvalue weighted by molar-refractivity contribution is -0.0810. The molecule has 84 valence electrons. The minimum absolute atomic E-state index is 0.0349. The van der Waals surface area contributed by atoms with Crippen molar-refractivity contribution in [3.8, 4) is 0 Å². The molecule has 1 aliphatic heterocycles. The Labute approximate surface area is 85.2 Å². The van der Waals surface area contributed by atoms with Gasteiger partial charge in [0.1, 0.15) is 6.10 Å². The Morgan fingerprint density at radius 3 is 2.93 bits per heavy atom. The highest BCUT2D eigenvalue weighted by molar-refractivity contribution is 4.63. The summed E-state index contributed by atoms with van der Waals surface area (Å²) in [4.78, 5) is 0. The molecule has 0 spiro atoms. The molecule has 1 rings (SSSR count). The fourth-order valence-electron chi connectivity index (χ4n) is 1.28. The lowest BCUT2D eigenvalue weighted by Gasteiger charge is -2.10. The maximum absolute atomic E-state index is 8.79. The second-order valence-electron chi connectivity index (χ2n) is 3.46. The Kier molecular flexibility index (Phi) is 6.10. The molecule has 1 N–H and O–H groups in total. The molecule has 0 radical (unpaired) electrons. The molecule has 14 heavy (non-hydrogen) atoms. The van der Waals surface area contributed by atoms with E-state index in [1.54, 1.807) is 0 Å². The van der Waals surface area contributed by atoms with E-state index in [1.807, 2.05) is 0 Å². The highest BCUT2D eigenvalue weighted by atomic mass is 16.7. The van der Waals surface area contributed by atoms with Crippen LogP contribution in [-0.2, 0) is 14.2 Å². The van der Waals surface area contributed by atoms with E-state index in [2.05, 4.69) is 6.92 Å². The molecule has 0 amide bonds. The average molecular weight is 204 g/mol. The van der Waals surface area contributed by atoms with Crippen molar-refractivity contribution in [1.29, 1.82) is 0 Å². The van der Waals surface area contributed by atoms with Crippen LogP contribution in [-0.4, -0.2) is 43.9 Å². The van der Waals surface area contributed by atoms with Crippen molar-refractivity contribution in [2.24, 2.45) is 0 Å². The molecule has 4 heteroatoms. The van der Waals surface area contributed by atoms with Crippen LogP contribution in [0.3, 0.4) is 0 Å². The second kappa shape index (κ2) is 7.17. The standard InChI is InChI=1S/C10H20O4/c1-2-3-5-12-6-4-10-13-8-9(7-11)14-10/h9-11H,2-8H2,1H3/t9-,10-/m0/s1. The number of aliphatic hydroxyl groups is 1. The van der Waals surface area contributed by atoms with E-state index in [0.29, 0.717) is 13.2 Å². The first kappa shape index (κ1) is 11.9. The molecule has 1 fully saturated rings. The predicted molar refractivity (Wildman–Crippen MR) is 52.0 cm³/mol. The molecule has 0 aromatic heterocycles. The van der Waals surface area contributed by atoms with Gasteiger partial charge in [-0.25, -0.2) is 0 Å². The van der Waals surface area contributed by atoms with Crippen LogP contribution in [0.2, 0.25) is 0 Å². The maximum Gasteiger partial charge on any atom is 0.160 e. The van der Waals surface area contributed by atoms with Crippen LogP contribution in [0.1, 0.15) is 26.2 Å². The van der Waals surface area contributed by atoms with Gasteiger partial charge in [0.15, 0.2) is 6.29 Å². The molecule has 0 unspecified atom stereocenters. The van der Waals surface area contributed by atoms with Crippen LogP contribution in [0.5, 0.6) is 0 Å². The van der Waals surface area contributed by atoms with E-state index >= 15 is 0 Å². The maximum atomic E-state index is 8.79. The van der Waals surface area contributed by atoms with Gasteiger partial charge in [-0.05, 0) is 6.42 Å². The zero-order chi connectivity index (χ0) is 10.2. The van der Waals surface area contributed by atoms with E-state index in [4.69, 9.17) is 19.3 Å². The largest absolute Gasteiger partial charge is 0.394 e. The first-order chi connectivity index (χ1) is 6.86. The summed E-state index contributed by atoms with van der Waals surface area (Å²) in [5.74, 6) is 0. The van der Waals surface area contributed by atoms with Gasteiger partial charge in [0.25, 0.3) is 0 Å². The third-order valence-electron chi connectivity index (χ3n) is 2.16. The third kappa shape index (κ3) is 4.37. The lowest BCUT2D eigenvalue weighted by Crippen LogP contribution is -2.17. The molecule has 0 bridgehead atoms. The minimum atomic E-state index is -0.186. The number of hydrogen-bond acceptors (Lipinski definition) is 4. The zero-order valence-corrected chi connectivity index (χ0v) is 8.78. The summed E-state index contributed by atoms with van der Waals surface area (Å²) < 4.78 is 16.0. The van der Waals surface area contributed by atoms with E-state index < -0.39 is 0 Å². The number of ether oxygens (including phenoxy) is 3. The van der Waals surface area contributed by atoms with Crippen molar-refractivity contribution in [3.63, 3.8) is 0 Å². The Morgan fingerprint density at radius 1 is 1.43 bits per heavy atom. The van der Waals surface area contributed by atoms with Gasteiger partial charge < -0.3 is 19.3 Å². The van der Waals surface area contributed by atoms with Crippen LogP contribution >= 0.6 is 0 Å². The summed E-state index contributed by atoms with van der Waals surface area (Å²) in [6.07, 6.45) is 2.68. The number of unbranched alkanes of at least 4 members (excludes halogenated alkanes) is 1. The van der Waals surface area contributed by atoms with Crippen molar-refractivity contribution in [2.75, 3.05) is 26.4 Å². The summed E-state index contributed by atoms with van der Waals surface area (Å²) in [7, 11) is 0. The Hall–Kier alpha value is -0.160. The normalized spacial score (nSPS) is 27.0. The van der Waals surface area contributed by atoms with Crippen molar-refractivity contribution in [2.45, 2.75) is 38.6 Å². The van der Waals surface area contributed by atoms with E-state index in [-0.39, 0.29) is 19.0 Å². The summed E-state index contributed by atoms with van der Waals surface area (Å²) in [6, 6.07) is 0. The first-order valence-electron chi connectivity index (χ1n) is 5.32. The lowest BCUT2D eigenvalue weighted by atomic mass is 10.3. The summed E-state index contributed by atoms with van der Waals surface area (Å²) in [6.45, 7) is 4.15. The monoisotopic (exact) mass is 204 g/mol. The highest BCUT2D eigenvalue weighted by Crippen LogP contribution is 2.13. The fourth-order valence-corrected chi connectivity index (χ4v) is 1.28. The topological polar surface area (TPSA) is 47.9 Å². The summed E-state index contributed by atoms with van der Waals surface area (Å²) in [5.41, 5.74) is 0. The van der Waals surface area contributed by atoms with Crippen LogP contribution < -0.4 is 0 Å². The van der Waals surface area contributed by atoms with Crippen molar-refractivity contribution >= 4 is 0 Å². The van der Waals surface area contributed by atoms with Gasteiger partial charge in [0.05, 0.1) is 19.8 Å². The van der Waals surface area contributed by atoms with Gasteiger partial charge in [0.2, 0.25) is 0 Å². The van der Waals surface area contributed by atoms with Crippen LogP contribution in [0.25, 0.3) is 0 Å². The van der Waals surface area contributed by atoms with Gasteiger partial charge in [-0.15, -0.1) is 0 Å². The third-order valence-corrected chi connectivity index (χ3v) is 2.16.